The fraction of sp³-hybridized carbons (Fsp3) is 0.333. The van der Waals surface area contributed by atoms with Crippen LogP contribution in [0, 0.1) is 0 Å². The zero-order chi connectivity index (χ0) is 33.2. The number of carbonyl (C=O) groups is 4. The summed E-state index contributed by atoms with van der Waals surface area (Å²) in [6.07, 6.45) is 3.29. The molecule has 3 aromatic carbocycles. The summed E-state index contributed by atoms with van der Waals surface area (Å²) >= 11 is 3.67. The Morgan fingerprint density at radius 2 is 1.79 bits per heavy atom. The Bertz CT molecular complexity index is 1860. The van der Waals surface area contributed by atoms with Crippen LogP contribution < -0.4 is 20.9 Å². The van der Waals surface area contributed by atoms with E-state index in [0.717, 1.165) is 42.4 Å². The van der Waals surface area contributed by atoms with E-state index in [1.54, 1.807) is 35.2 Å². The Kier molecular flexibility index (Phi) is 9.47. The number of fused-ring (bicyclic) bond motifs is 1. The number of carbonyl (C=O) groups excluding carboxylic acids is 4. The van der Waals surface area contributed by atoms with Crippen molar-refractivity contribution in [1.29, 1.82) is 0 Å². The lowest BCUT2D eigenvalue weighted by Gasteiger charge is -2.25. The standard InChI is InChI=1S/C36H38BrN5O5/c1-21(43)25-18-23(12-14-27(25)40-35(45)28-9-6-16-38-28)34-33(37)26-20-24(13-15-31(26)47-34)39-36(46)30-11-7-17-42(30)32(44)19-22-8-4-5-10-29(22)41(2)3/h4-5,8,10,12-15,18,20,28,30,38H,6-7,9,11,16-17,19H2,1-3H3,(H,39,46)(H,40,45)/t28-,30-/m0/s1. The zero-order valence-electron chi connectivity index (χ0n) is 26.7. The van der Waals surface area contributed by atoms with Gasteiger partial charge in [0.1, 0.15) is 17.4 Å². The van der Waals surface area contributed by atoms with Crippen LogP contribution in [0.2, 0.25) is 0 Å². The van der Waals surface area contributed by atoms with Crippen molar-refractivity contribution >= 4 is 67.5 Å². The Hall–Kier alpha value is -4.48. The van der Waals surface area contributed by atoms with Crippen molar-refractivity contribution in [2.45, 2.75) is 51.1 Å². The molecule has 0 bridgehead atoms. The first-order valence-corrected chi connectivity index (χ1v) is 16.7. The van der Waals surface area contributed by atoms with Crippen LogP contribution in [0.15, 0.2) is 69.6 Å². The van der Waals surface area contributed by atoms with Crippen LogP contribution in [0.3, 0.4) is 0 Å². The summed E-state index contributed by atoms with van der Waals surface area (Å²) in [6.45, 7) is 2.80. The molecule has 11 heteroatoms. The van der Waals surface area contributed by atoms with Gasteiger partial charge in [0.2, 0.25) is 17.7 Å². The van der Waals surface area contributed by atoms with Crippen molar-refractivity contribution in [3.05, 3.63) is 76.3 Å². The smallest absolute Gasteiger partial charge is 0.247 e. The van der Waals surface area contributed by atoms with E-state index in [4.69, 9.17) is 4.42 Å². The number of nitrogens with zero attached hydrogens (tertiary/aromatic N) is 2. The van der Waals surface area contributed by atoms with E-state index in [-0.39, 0.29) is 36.0 Å². The van der Waals surface area contributed by atoms with Crippen molar-refractivity contribution < 1.29 is 23.6 Å². The normalized spacial score (nSPS) is 17.6. The van der Waals surface area contributed by atoms with Crippen LogP contribution in [0.1, 0.15) is 48.5 Å². The molecule has 3 N–H and O–H groups in total. The second kappa shape index (κ2) is 13.7. The third-order valence-corrected chi connectivity index (χ3v) is 9.67. The third-order valence-electron chi connectivity index (χ3n) is 8.88. The van der Waals surface area contributed by atoms with Gasteiger partial charge in [-0.25, -0.2) is 0 Å². The van der Waals surface area contributed by atoms with Crippen molar-refractivity contribution in [3.63, 3.8) is 0 Å². The van der Waals surface area contributed by atoms with E-state index < -0.39 is 6.04 Å². The number of likely N-dealkylation sites (tertiary alicyclic amines) is 1. The number of rotatable bonds is 9. The molecule has 2 aliphatic heterocycles. The van der Waals surface area contributed by atoms with E-state index in [1.807, 2.05) is 49.3 Å². The molecule has 1 aromatic heterocycles. The van der Waals surface area contributed by atoms with Crippen molar-refractivity contribution in [2.24, 2.45) is 0 Å². The summed E-state index contributed by atoms with van der Waals surface area (Å²) in [5.74, 6) is -0.114. The zero-order valence-corrected chi connectivity index (χ0v) is 28.3. The molecule has 3 amide bonds. The molecule has 0 aliphatic carbocycles. The molecule has 0 unspecified atom stereocenters. The lowest BCUT2D eigenvalue weighted by atomic mass is 10.0. The lowest BCUT2D eigenvalue weighted by molar-refractivity contribution is -0.136. The molecule has 244 valence electrons. The van der Waals surface area contributed by atoms with Gasteiger partial charge in [-0.1, -0.05) is 18.2 Å². The number of furan rings is 1. The number of benzene rings is 3. The largest absolute Gasteiger partial charge is 0.455 e. The Labute approximate surface area is 282 Å². The number of hydrogen-bond donors (Lipinski definition) is 3. The number of nitrogens with one attached hydrogen (secondary N) is 3. The van der Waals surface area contributed by atoms with Crippen LogP contribution in [0.5, 0.6) is 0 Å². The van der Waals surface area contributed by atoms with E-state index in [1.165, 1.54) is 6.92 Å². The second-order valence-electron chi connectivity index (χ2n) is 12.3. The molecule has 2 fully saturated rings. The number of para-hydroxylation sites is 1. The maximum Gasteiger partial charge on any atom is 0.247 e. The van der Waals surface area contributed by atoms with Crippen LogP contribution in [-0.2, 0) is 20.8 Å². The molecular formula is C36H38BrN5O5. The van der Waals surface area contributed by atoms with Gasteiger partial charge in [-0.15, -0.1) is 0 Å². The Morgan fingerprint density at radius 3 is 2.53 bits per heavy atom. The monoisotopic (exact) mass is 699 g/mol. The number of Topliss-reactive ketones (excluding diaryl/α,β-unsaturated/α-hetero) is 1. The van der Waals surface area contributed by atoms with Crippen molar-refractivity contribution in [1.82, 2.24) is 10.2 Å². The van der Waals surface area contributed by atoms with E-state index in [0.29, 0.717) is 51.3 Å². The van der Waals surface area contributed by atoms with Gasteiger partial charge in [0.15, 0.2) is 5.78 Å². The van der Waals surface area contributed by atoms with Gasteiger partial charge in [0.25, 0.3) is 0 Å². The summed E-state index contributed by atoms with van der Waals surface area (Å²) in [7, 11) is 3.90. The molecule has 2 aliphatic rings. The van der Waals surface area contributed by atoms with E-state index in [2.05, 4.69) is 31.9 Å². The average molecular weight is 701 g/mol. The average Bonchev–Trinajstić information content (AvgIpc) is 3.83. The highest BCUT2D eigenvalue weighted by atomic mass is 79.9. The molecular weight excluding hydrogens is 662 g/mol. The van der Waals surface area contributed by atoms with Gasteiger partial charge in [0, 0.05) is 48.5 Å². The predicted octanol–water partition coefficient (Wildman–Crippen LogP) is 5.99. The fourth-order valence-corrected chi connectivity index (χ4v) is 7.09. The number of ketones is 1. The summed E-state index contributed by atoms with van der Waals surface area (Å²) in [5.41, 5.74) is 4.59. The van der Waals surface area contributed by atoms with E-state index >= 15 is 0 Å². The maximum atomic E-state index is 13.5. The minimum Gasteiger partial charge on any atom is -0.455 e. The number of hydrogen-bond acceptors (Lipinski definition) is 7. The summed E-state index contributed by atoms with van der Waals surface area (Å²) in [6, 6.07) is 17.6. The quantitative estimate of drug-likeness (QED) is 0.183. The van der Waals surface area contributed by atoms with Crippen LogP contribution in [-0.4, -0.2) is 67.7 Å². The molecule has 0 saturated carbocycles. The minimum atomic E-state index is -0.554. The first kappa shape index (κ1) is 32.5. The van der Waals surface area contributed by atoms with Crippen LogP contribution >= 0.6 is 15.9 Å². The molecule has 3 heterocycles. The number of amides is 3. The summed E-state index contributed by atoms with van der Waals surface area (Å²) in [5, 5.41) is 9.83. The second-order valence-corrected chi connectivity index (χ2v) is 13.1. The topological polar surface area (TPSA) is 124 Å². The van der Waals surface area contributed by atoms with Crippen LogP contribution in [0.4, 0.5) is 17.1 Å². The highest BCUT2D eigenvalue weighted by Gasteiger charge is 2.34. The highest BCUT2D eigenvalue weighted by molar-refractivity contribution is 9.10. The number of anilines is 3. The van der Waals surface area contributed by atoms with Crippen molar-refractivity contribution in [2.75, 3.05) is 42.7 Å². The number of halogens is 1. The molecule has 4 aromatic rings. The molecule has 6 rings (SSSR count). The maximum absolute atomic E-state index is 13.5. The van der Waals surface area contributed by atoms with Gasteiger partial charge in [-0.2, -0.15) is 0 Å². The molecule has 2 saturated heterocycles. The van der Waals surface area contributed by atoms with Gasteiger partial charge in [0.05, 0.1) is 22.6 Å². The van der Waals surface area contributed by atoms with Crippen molar-refractivity contribution in [3.8, 4) is 11.3 Å². The predicted molar refractivity (Wildman–Crippen MR) is 187 cm³/mol. The van der Waals surface area contributed by atoms with Gasteiger partial charge in [-0.3, -0.25) is 19.2 Å². The SMILES string of the molecule is CC(=O)c1cc(-c2oc3ccc(NC(=O)[C@@H]4CCCN4C(=O)Cc4ccccc4N(C)C)cc3c2Br)ccc1NC(=O)[C@@H]1CCCN1. The highest BCUT2D eigenvalue weighted by Crippen LogP contribution is 2.40. The van der Waals surface area contributed by atoms with Crippen LogP contribution in [0.25, 0.3) is 22.3 Å². The minimum absolute atomic E-state index is 0.0691. The van der Waals surface area contributed by atoms with E-state index in [9.17, 15) is 19.2 Å². The van der Waals surface area contributed by atoms with Gasteiger partial charge in [-0.05, 0) is 103 Å². The summed E-state index contributed by atoms with van der Waals surface area (Å²) in [4.78, 5) is 55.8. The van der Waals surface area contributed by atoms with Gasteiger partial charge < -0.3 is 30.2 Å². The Morgan fingerprint density at radius 1 is 0.979 bits per heavy atom. The molecule has 10 nitrogen and oxygen atoms in total. The first-order valence-electron chi connectivity index (χ1n) is 15.9. The Balaban J connectivity index is 1.18. The molecule has 2 atom stereocenters. The van der Waals surface area contributed by atoms with Gasteiger partial charge >= 0.3 is 0 Å². The fourth-order valence-electron chi connectivity index (χ4n) is 6.47. The molecule has 0 radical (unpaired) electrons. The molecule has 0 spiro atoms. The third kappa shape index (κ3) is 6.82. The summed E-state index contributed by atoms with van der Waals surface area (Å²) < 4.78 is 6.86. The lowest BCUT2D eigenvalue weighted by Crippen LogP contribution is -2.43. The first-order chi connectivity index (χ1) is 22.6. The molecule has 47 heavy (non-hydrogen) atoms.